The summed E-state index contributed by atoms with van der Waals surface area (Å²) < 4.78 is 30.9. The summed E-state index contributed by atoms with van der Waals surface area (Å²) in [4.78, 5) is 10.7. The number of nitrogen functional groups attached to an aromatic ring is 1. The van der Waals surface area contributed by atoms with Crippen LogP contribution in [0.5, 0.6) is 5.88 Å². The van der Waals surface area contributed by atoms with E-state index in [-0.39, 0.29) is 16.7 Å². The fraction of sp³-hybridized carbons (Fsp3) is 0.238. The summed E-state index contributed by atoms with van der Waals surface area (Å²) in [6.07, 6.45) is 0.649. The van der Waals surface area contributed by atoms with Gasteiger partial charge in [0.25, 0.3) is 0 Å². The Bertz CT molecular complexity index is 1120. The van der Waals surface area contributed by atoms with Gasteiger partial charge >= 0.3 is 10.1 Å². The molecule has 29 heavy (non-hydrogen) atoms. The Balaban J connectivity index is 1.62. The third-order valence-corrected chi connectivity index (χ3v) is 6.09. The van der Waals surface area contributed by atoms with E-state index in [9.17, 15) is 8.42 Å². The van der Waals surface area contributed by atoms with Crippen molar-refractivity contribution >= 4 is 16.1 Å². The van der Waals surface area contributed by atoms with E-state index in [0.29, 0.717) is 18.5 Å². The second kappa shape index (κ2) is 7.81. The minimum atomic E-state index is -4.02. The van der Waals surface area contributed by atoms with E-state index in [0.717, 1.165) is 24.3 Å². The smallest absolute Gasteiger partial charge is 0.340 e. The highest BCUT2D eigenvalue weighted by atomic mass is 32.2. The normalized spacial score (nSPS) is 14.4. The predicted molar refractivity (Wildman–Crippen MR) is 110 cm³/mol. The average Bonchev–Trinajstić information content (AvgIpc) is 2.69. The molecule has 8 heteroatoms. The zero-order valence-corrected chi connectivity index (χ0v) is 16.9. The molecule has 2 heterocycles. The number of nitrogens with zero attached hydrogens (tertiary/aromatic N) is 3. The van der Waals surface area contributed by atoms with Gasteiger partial charge < -0.3 is 9.92 Å². The molecule has 2 aromatic carbocycles. The van der Waals surface area contributed by atoms with E-state index in [1.807, 2.05) is 25.1 Å². The van der Waals surface area contributed by atoms with E-state index >= 15 is 0 Å². The van der Waals surface area contributed by atoms with E-state index < -0.39 is 10.1 Å². The van der Waals surface area contributed by atoms with Crippen molar-refractivity contribution in [1.29, 1.82) is 0 Å². The van der Waals surface area contributed by atoms with Gasteiger partial charge in [0.05, 0.1) is 11.3 Å². The van der Waals surface area contributed by atoms with Gasteiger partial charge in [0.15, 0.2) is 0 Å². The van der Waals surface area contributed by atoms with Crippen molar-refractivity contribution in [1.82, 2.24) is 14.9 Å². The minimum Gasteiger partial charge on any atom is -0.368 e. The summed E-state index contributed by atoms with van der Waals surface area (Å²) in [6.45, 7) is 3.92. The van der Waals surface area contributed by atoms with Crippen LogP contribution in [0.1, 0.15) is 22.4 Å². The third-order valence-electron chi connectivity index (χ3n) is 4.87. The molecule has 0 saturated heterocycles. The van der Waals surface area contributed by atoms with Gasteiger partial charge in [-0.3, -0.25) is 4.90 Å². The van der Waals surface area contributed by atoms with Crippen molar-refractivity contribution in [3.8, 4) is 5.88 Å². The highest BCUT2D eigenvalue weighted by Gasteiger charge is 2.27. The first-order valence-corrected chi connectivity index (χ1v) is 10.7. The van der Waals surface area contributed by atoms with Gasteiger partial charge in [-0.2, -0.15) is 13.4 Å². The number of rotatable bonds is 5. The van der Waals surface area contributed by atoms with Crippen molar-refractivity contribution in [3.05, 3.63) is 77.0 Å². The summed E-state index contributed by atoms with van der Waals surface area (Å²) in [5.41, 5.74) is 9.35. The minimum absolute atomic E-state index is 0.00540. The van der Waals surface area contributed by atoms with Crippen molar-refractivity contribution in [2.24, 2.45) is 0 Å². The number of benzene rings is 2. The number of nitrogens with two attached hydrogens (primary N) is 1. The maximum absolute atomic E-state index is 12.7. The van der Waals surface area contributed by atoms with Crippen LogP contribution in [0, 0.1) is 6.92 Å². The summed E-state index contributed by atoms with van der Waals surface area (Å²) in [7, 11) is -4.02. The molecule has 4 rings (SSSR count). The molecule has 0 amide bonds. The van der Waals surface area contributed by atoms with Crippen molar-refractivity contribution < 1.29 is 12.6 Å². The Morgan fingerprint density at radius 2 is 1.79 bits per heavy atom. The lowest BCUT2D eigenvalue weighted by atomic mass is 10.1. The fourth-order valence-electron chi connectivity index (χ4n) is 3.36. The molecule has 0 unspecified atom stereocenters. The van der Waals surface area contributed by atoms with Crippen LogP contribution >= 0.6 is 0 Å². The zero-order chi connectivity index (χ0) is 20.4. The Morgan fingerprint density at radius 3 is 2.52 bits per heavy atom. The standard InChI is InChI=1S/C21H22N4O3S/c1-15-7-9-17(10-8-15)29(26,27)28-20-18-14-25(13-16-5-3-2-4-6-16)12-11-19(18)23-21(22)24-20/h2-10H,11-14H2,1H3,(H2,22,23,24). The summed E-state index contributed by atoms with van der Waals surface area (Å²) >= 11 is 0. The molecular weight excluding hydrogens is 388 g/mol. The Kier molecular flexibility index (Phi) is 5.21. The van der Waals surface area contributed by atoms with Crippen LogP contribution in [-0.4, -0.2) is 29.8 Å². The number of hydrogen-bond donors (Lipinski definition) is 1. The number of hydrogen-bond acceptors (Lipinski definition) is 7. The molecule has 0 radical (unpaired) electrons. The Morgan fingerprint density at radius 1 is 1.07 bits per heavy atom. The first-order chi connectivity index (χ1) is 13.9. The van der Waals surface area contributed by atoms with Gasteiger partial charge in [0, 0.05) is 26.1 Å². The predicted octanol–water partition coefficient (Wildman–Crippen LogP) is 2.69. The molecule has 150 valence electrons. The molecule has 7 nitrogen and oxygen atoms in total. The second-order valence-electron chi connectivity index (χ2n) is 7.11. The van der Waals surface area contributed by atoms with Crippen LogP contribution in [0.2, 0.25) is 0 Å². The third kappa shape index (κ3) is 4.38. The molecule has 0 saturated carbocycles. The monoisotopic (exact) mass is 410 g/mol. The lowest BCUT2D eigenvalue weighted by Gasteiger charge is -2.28. The quantitative estimate of drug-likeness (QED) is 0.646. The molecule has 1 aliphatic rings. The highest BCUT2D eigenvalue weighted by molar-refractivity contribution is 7.87. The van der Waals surface area contributed by atoms with E-state index in [4.69, 9.17) is 9.92 Å². The van der Waals surface area contributed by atoms with Gasteiger partial charge in [0.2, 0.25) is 11.8 Å². The van der Waals surface area contributed by atoms with E-state index in [2.05, 4.69) is 27.0 Å². The van der Waals surface area contributed by atoms with Crippen LogP contribution in [0.4, 0.5) is 5.95 Å². The van der Waals surface area contributed by atoms with Gasteiger partial charge in [-0.05, 0) is 24.6 Å². The van der Waals surface area contributed by atoms with Crippen LogP contribution in [0.15, 0.2) is 59.5 Å². The van der Waals surface area contributed by atoms with Gasteiger partial charge in [-0.1, -0.05) is 48.0 Å². The average molecular weight is 410 g/mol. The second-order valence-corrected chi connectivity index (χ2v) is 8.66. The number of aromatic nitrogens is 2. The maximum Gasteiger partial charge on any atom is 0.340 e. The van der Waals surface area contributed by atoms with Crippen molar-refractivity contribution in [2.75, 3.05) is 12.3 Å². The Hall–Kier alpha value is -2.97. The number of anilines is 1. The van der Waals surface area contributed by atoms with Crippen molar-refractivity contribution in [3.63, 3.8) is 0 Å². The summed E-state index contributed by atoms with van der Waals surface area (Å²) in [5.74, 6) is 0.0141. The lowest BCUT2D eigenvalue weighted by molar-refractivity contribution is 0.240. The molecule has 3 aromatic rings. The number of aryl methyl sites for hydroxylation is 1. The van der Waals surface area contributed by atoms with Crippen LogP contribution in [0.3, 0.4) is 0 Å². The molecule has 1 aliphatic heterocycles. The zero-order valence-electron chi connectivity index (χ0n) is 16.1. The van der Waals surface area contributed by atoms with Crippen LogP contribution in [0.25, 0.3) is 0 Å². The molecule has 2 N–H and O–H groups in total. The van der Waals surface area contributed by atoms with E-state index in [1.54, 1.807) is 12.1 Å². The van der Waals surface area contributed by atoms with Gasteiger partial charge in [-0.25, -0.2) is 4.98 Å². The van der Waals surface area contributed by atoms with Gasteiger partial charge in [-0.15, -0.1) is 0 Å². The van der Waals surface area contributed by atoms with Crippen LogP contribution < -0.4 is 9.92 Å². The molecule has 1 aromatic heterocycles. The first-order valence-electron chi connectivity index (χ1n) is 9.33. The molecule has 0 aliphatic carbocycles. The number of fused-ring (bicyclic) bond motifs is 1. The molecular formula is C21H22N4O3S. The summed E-state index contributed by atoms with van der Waals surface area (Å²) in [6, 6.07) is 16.6. The topological polar surface area (TPSA) is 98.4 Å². The van der Waals surface area contributed by atoms with Crippen molar-refractivity contribution in [2.45, 2.75) is 31.3 Å². The SMILES string of the molecule is Cc1ccc(S(=O)(=O)Oc2nc(N)nc3c2CN(Cc2ccccc2)CC3)cc1. The summed E-state index contributed by atoms with van der Waals surface area (Å²) in [5, 5.41) is 0. The first kappa shape index (κ1) is 19.4. The van der Waals surface area contributed by atoms with Gasteiger partial charge in [0.1, 0.15) is 4.90 Å². The Labute approximate surface area is 170 Å². The molecule has 0 atom stereocenters. The lowest BCUT2D eigenvalue weighted by Crippen LogP contribution is -2.32. The highest BCUT2D eigenvalue weighted by Crippen LogP contribution is 2.29. The molecule has 0 spiro atoms. The van der Waals surface area contributed by atoms with Crippen LogP contribution in [-0.2, 0) is 29.6 Å². The largest absolute Gasteiger partial charge is 0.368 e. The maximum atomic E-state index is 12.7. The van der Waals surface area contributed by atoms with E-state index in [1.165, 1.54) is 17.7 Å². The molecule has 0 bridgehead atoms. The molecule has 0 fully saturated rings. The fourth-order valence-corrected chi connectivity index (χ4v) is 4.27.